The molecule has 1 aliphatic heterocycles. The Morgan fingerprint density at radius 2 is 1.44 bits per heavy atom. The van der Waals surface area contributed by atoms with Gasteiger partial charge in [-0.2, -0.15) is 0 Å². The molecular formula is C24H32N2O7S. The molecule has 2 aromatic carbocycles. The van der Waals surface area contributed by atoms with Crippen molar-refractivity contribution in [3.05, 3.63) is 41.5 Å². The number of amides is 1. The molecule has 0 atom stereocenters. The maximum atomic E-state index is 13.2. The number of sulfonamides is 1. The number of nitrogens with one attached hydrogen (secondary N) is 1. The molecule has 0 spiro atoms. The topological polar surface area (TPSA) is 103 Å². The molecule has 1 heterocycles. The fourth-order valence-electron chi connectivity index (χ4n) is 3.96. The highest BCUT2D eigenvalue weighted by molar-refractivity contribution is 7.89. The number of ether oxygens (including phenoxy) is 4. The summed E-state index contributed by atoms with van der Waals surface area (Å²) in [5.41, 5.74) is 0.854. The first-order valence-corrected chi connectivity index (χ1v) is 12.6. The van der Waals surface area contributed by atoms with Gasteiger partial charge in [-0.15, -0.1) is 0 Å². The number of benzene rings is 2. The molecule has 1 fully saturated rings. The molecule has 0 bridgehead atoms. The number of hydrogen-bond donors (Lipinski definition) is 1. The Bertz CT molecular complexity index is 1090. The minimum atomic E-state index is -3.92. The first kappa shape index (κ1) is 25.6. The van der Waals surface area contributed by atoms with Crippen molar-refractivity contribution in [1.82, 2.24) is 9.62 Å². The van der Waals surface area contributed by atoms with Crippen molar-refractivity contribution in [1.29, 1.82) is 0 Å². The van der Waals surface area contributed by atoms with Gasteiger partial charge in [0.15, 0.2) is 11.5 Å². The number of methoxy groups -OCH3 is 4. The molecule has 10 heteroatoms. The minimum Gasteiger partial charge on any atom is -0.496 e. The summed E-state index contributed by atoms with van der Waals surface area (Å²) in [7, 11) is 2.02. The normalized spacial score (nSPS) is 14.3. The van der Waals surface area contributed by atoms with E-state index < -0.39 is 10.0 Å². The van der Waals surface area contributed by atoms with Gasteiger partial charge < -0.3 is 23.8 Å². The molecule has 1 N–H and O–H groups in total. The zero-order valence-corrected chi connectivity index (χ0v) is 20.9. The quantitative estimate of drug-likeness (QED) is 0.573. The number of hydrogen-bond acceptors (Lipinski definition) is 7. The van der Waals surface area contributed by atoms with Crippen LogP contribution in [-0.4, -0.2) is 60.8 Å². The van der Waals surface area contributed by atoms with Gasteiger partial charge in [0.2, 0.25) is 15.8 Å². The maximum Gasteiger partial charge on any atom is 0.257 e. The van der Waals surface area contributed by atoms with E-state index in [-0.39, 0.29) is 22.9 Å². The summed E-state index contributed by atoms with van der Waals surface area (Å²) in [6.45, 7) is 1.29. The molecule has 0 saturated carbocycles. The van der Waals surface area contributed by atoms with E-state index in [9.17, 15) is 13.2 Å². The van der Waals surface area contributed by atoms with Crippen LogP contribution in [0.4, 0.5) is 0 Å². The number of rotatable bonds is 9. The lowest BCUT2D eigenvalue weighted by atomic mass is 10.1. The Morgan fingerprint density at radius 3 is 1.97 bits per heavy atom. The fraction of sp³-hybridized carbons (Fsp3) is 0.458. The van der Waals surface area contributed by atoms with Crippen molar-refractivity contribution in [3.63, 3.8) is 0 Å². The number of carbonyl (C=O) groups is 1. The van der Waals surface area contributed by atoms with E-state index in [0.717, 1.165) is 25.7 Å². The number of likely N-dealkylation sites (tertiary alicyclic amines) is 1. The molecule has 0 aliphatic carbocycles. The smallest absolute Gasteiger partial charge is 0.257 e. The van der Waals surface area contributed by atoms with Gasteiger partial charge >= 0.3 is 0 Å². The predicted octanol–water partition coefficient (Wildman–Crippen LogP) is 3.22. The predicted molar refractivity (Wildman–Crippen MR) is 127 cm³/mol. The van der Waals surface area contributed by atoms with E-state index in [1.54, 1.807) is 17.0 Å². The number of nitrogens with zero attached hydrogens (tertiary/aromatic N) is 1. The van der Waals surface area contributed by atoms with E-state index in [1.165, 1.54) is 46.6 Å². The molecule has 1 saturated heterocycles. The molecule has 2 aromatic rings. The molecule has 186 valence electrons. The Balaban J connectivity index is 1.85. The standard InChI is InChI=1S/C24H32N2O7S/c1-30-20-10-9-18(15-19(20)24(27)26-11-7-5-6-8-12-26)34(28,29)25-16-17-13-21(31-2)23(33-4)22(14-17)32-3/h9-10,13-15,25H,5-8,11-12,16H2,1-4H3. The van der Waals surface area contributed by atoms with Crippen LogP contribution in [0, 0.1) is 0 Å². The molecule has 34 heavy (non-hydrogen) atoms. The van der Waals surface area contributed by atoms with Crippen LogP contribution in [0.1, 0.15) is 41.6 Å². The summed E-state index contributed by atoms with van der Waals surface area (Å²) in [4.78, 5) is 14.9. The highest BCUT2D eigenvalue weighted by Gasteiger charge is 2.24. The zero-order chi connectivity index (χ0) is 24.7. The van der Waals surface area contributed by atoms with Gasteiger partial charge in [-0.1, -0.05) is 12.8 Å². The first-order valence-electron chi connectivity index (χ1n) is 11.1. The summed E-state index contributed by atoms with van der Waals surface area (Å²) >= 11 is 0. The number of carbonyl (C=O) groups excluding carboxylic acids is 1. The van der Waals surface area contributed by atoms with Crippen LogP contribution >= 0.6 is 0 Å². The third-order valence-electron chi connectivity index (χ3n) is 5.80. The summed E-state index contributed by atoms with van der Waals surface area (Å²) in [6.07, 6.45) is 4.03. The lowest BCUT2D eigenvalue weighted by Crippen LogP contribution is -2.32. The summed E-state index contributed by atoms with van der Waals surface area (Å²) in [6, 6.07) is 7.66. The van der Waals surface area contributed by atoms with Gasteiger partial charge in [0, 0.05) is 19.6 Å². The van der Waals surface area contributed by atoms with Crippen molar-refractivity contribution in [2.24, 2.45) is 0 Å². The van der Waals surface area contributed by atoms with Crippen molar-refractivity contribution >= 4 is 15.9 Å². The highest BCUT2D eigenvalue weighted by atomic mass is 32.2. The average Bonchev–Trinajstić information content (AvgIpc) is 3.15. The third kappa shape index (κ3) is 5.74. The van der Waals surface area contributed by atoms with Crippen molar-refractivity contribution in [2.45, 2.75) is 37.1 Å². The van der Waals surface area contributed by atoms with E-state index in [2.05, 4.69) is 4.72 Å². The SMILES string of the molecule is COc1ccc(S(=O)(=O)NCc2cc(OC)c(OC)c(OC)c2)cc1C(=O)N1CCCCCC1. The average molecular weight is 493 g/mol. The molecular weight excluding hydrogens is 460 g/mol. The Hall–Kier alpha value is -2.98. The lowest BCUT2D eigenvalue weighted by Gasteiger charge is -2.22. The molecule has 0 unspecified atom stereocenters. The van der Waals surface area contributed by atoms with E-state index in [4.69, 9.17) is 18.9 Å². The Labute approximate surface area is 201 Å². The maximum absolute atomic E-state index is 13.2. The first-order chi connectivity index (χ1) is 16.3. The van der Waals surface area contributed by atoms with Gasteiger partial charge in [0.25, 0.3) is 5.91 Å². The van der Waals surface area contributed by atoms with Crippen LogP contribution in [-0.2, 0) is 16.6 Å². The van der Waals surface area contributed by atoms with Crippen LogP contribution in [0.5, 0.6) is 23.0 Å². The van der Waals surface area contributed by atoms with Crippen LogP contribution in [0.25, 0.3) is 0 Å². The summed E-state index contributed by atoms with van der Waals surface area (Å²) in [5.74, 6) is 1.39. The van der Waals surface area contributed by atoms with Crippen molar-refractivity contribution < 1.29 is 32.2 Å². The second kappa shape index (κ2) is 11.4. The van der Waals surface area contributed by atoms with Gasteiger partial charge in [0.1, 0.15) is 5.75 Å². The second-order valence-electron chi connectivity index (χ2n) is 7.93. The Kier molecular flexibility index (Phi) is 8.62. The summed E-state index contributed by atoms with van der Waals surface area (Å²) < 4.78 is 50.1. The van der Waals surface area contributed by atoms with Gasteiger partial charge in [-0.25, -0.2) is 13.1 Å². The van der Waals surface area contributed by atoms with Gasteiger partial charge in [-0.05, 0) is 48.7 Å². The molecule has 1 amide bonds. The van der Waals surface area contributed by atoms with Gasteiger partial charge in [0.05, 0.1) is 38.9 Å². The van der Waals surface area contributed by atoms with E-state index in [1.807, 2.05) is 0 Å². The molecule has 9 nitrogen and oxygen atoms in total. The lowest BCUT2D eigenvalue weighted by molar-refractivity contribution is 0.0758. The van der Waals surface area contributed by atoms with Crippen molar-refractivity contribution in [3.8, 4) is 23.0 Å². The highest BCUT2D eigenvalue weighted by Crippen LogP contribution is 2.38. The zero-order valence-electron chi connectivity index (χ0n) is 20.0. The largest absolute Gasteiger partial charge is 0.496 e. The third-order valence-corrected chi connectivity index (χ3v) is 7.19. The molecule has 3 rings (SSSR count). The van der Waals surface area contributed by atoms with Crippen LogP contribution in [0.3, 0.4) is 0 Å². The van der Waals surface area contributed by atoms with Crippen molar-refractivity contribution in [2.75, 3.05) is 41.5 Å². The fourth-order valence-corrected chi connectivity index (χ4v) is 5.01. The molecule has 0 radical (unpaired) electrons. The van der Waals surface area contributed by atoms with Crippen LogP contribution < -0.4 is 23.7 Å². The van der Waals surface area contributed by atoms with Gasteiger partial charge in [-0.3, -0.25) is 4.79 Å². The summed E-state index contributed by atoms with van der Waals surface area (Å²) in [5, 5.41) is 0. The van der Waals surface area contributed by atoms with E-state index in [0.29, 0.717) is 41.7 Å². The second-order valence-corrected chi connectivity index (χ2v) is 9.69. The molecule has 0 aromatic heterocycles. The van der Waals surface area contributed by atoms with Crippen LogP contribution in [0.2, 0.25) is 0 Å². The Morgan fingerprint density at radius 1 is 0.853 bits per heavy atom. The molecule has 1 aliphatic rings. The monoisotopic (exact) mass is 492 g/mol. The van der Waals surface area contributed by atoms with E-state index >= 15 is 0 Å². The minimum absolute atomic E-state index is 0.0134. The van der Waals surface area contributed by atoms with Crippen LogP contribution in [0.15, 0.2) is 35.2 Å².